The first kappa shape index (κ1) is 35.1. The highest BCUT2D eigenvalue weighted by atomic mass is 19.1. The van der Waals surface area contributed by atoms with E-state index in [4.69, 9.17) is 0 Å². The molecule has 1 aromatic heterocycles. The van der Waals surface area contributed by atoms with Crippen LogP contribution in [0.3, 0.4) is 0 Å². The van der Waals surface area contributed by atoms with Gasteiger partial charge in [-0.1, -0.05) is 43.4 Å². The highest BCUT2D eigenvalue weighted by molar-refractivity contribution is 5.82. The van der Waals surface area contributed by atoms with Crippen LogP contribution in [0.15, 0.2) is 41.3 Å². The minimum atomic E-state index is -1.13. The number of carboxylic acid groups (broad SMARTS) is 1. The predicted octanol–water partition coefficient (Wildman–Crippen LogP) is 7.90. The van der Waals surface area contributed by atoms with E-state index in [1.54, 1.807) is 16.7 Å². The summed E-state index contributed by atoms with van der Waals surface area (Å²) >= 11 is 0. The van der Waals surface area contributed by atoms with E-state index in [0.717, 1.165) is 105 Å². The van der Waals surface area contributed by atoms with E-state index in [-0.39, 0.29) is 17.0 Å². The fraction of sp³-hybridized carbons (Fsp3) is 0.537. The number of halogens is 1. The van der Waals surface area contributed by atoms with Crippen molar-refractivity contribution in [2.45, 2.75) is 121 Å². The molecule has 2 atom stereocenters. The van der Waals surface area contributed by atoms with Gasteiger partial charge in [-0.25, -0.2) is 4.39 Å². The molecule has 0 saturated heterocycles. The molecule has 0 unspecified atom stereocenters. The summed E-state index contributed by atoms with van der Waals surface area (Å²) in [5.74, 6) is -1.53. The Morgan fingerprint density at radius 2 is 1.57 bits per heavy atom. The number of carbonyl (C=O) groups excluding carboxylic acids is 1. The zero-order valence-electron chi connectivity index (χ0n) is 29.6. The Labute approximate surface area is 289 Å². The molecule has 0 spiro atoms. The fourth-order valence-corrected chi connectivity index (χ4v) is 7.86. The summed E-state index contributed by atoms with van der Waals surface area (Å²) < 4.78 is 18.1. The molecule has 3 aromatic rings. The minimum absolute atomic E-state index is 0.0802. The van der Waals surface area contributed by atoms with E-state index < -0.39 is 36.2 Å². The van der Waals surface area contributed by atoms with Gasteiger partial charge in [0.25, 0.3) is 5.56 Å². The van der Waals surface area contributed by atoms with Gasteiger partial charge in [0.1, 0.15) is 11.9 Å². The van der Waals surface area contributed by atoms with Gasteiger partial charge in [0, 0.05) is 24.4 Å². The Kier molecular flexibility index (Phi) is 10.7. The number of rotatable bonds is 8. The van der Waals surface area contributed by atoms with Gasteiger partial charge < -0.3 is 19.9 Å². The molecule has 2 saturated carbocycles. The summed E-state index contributed by atoms with van der Waals surface area (Å²) in [7, 11) is 4.04. The number of aromatic nitrogens is 1. The lowest BCUT2D eigenvalue weighted by Crippen LogP contribution is -2.40. The lowest BCUT2D eigenvalue weighted by molar-refractivity contribution is -0.138. The third kappa shape index (κ3) is 8.34. The number of nitrogens with one attached hydrogen (secondary N) is 1. The topological polar surface area (TPSA) is 91.6 Å². The molecule has 2 heterocycles. The average Bonchev–Trinajstić information content (AvgIpc) is 3.95. The molecular formula is C41H52FN3O4. The molecule has 8 heteroatoms. The average molecular weight is 670 g/mol. The number of hydrogen-bond donors (Lipinski definition) is 2. The number of carbonyl (C=O) groups is 2. The van der Waals surface area contributed by atoms with E-state index in [0.29, 0.717) is 17.9 Å². The van der Waals surface area contributed by atoms with Crippen LogP contribution < -0.4 is 10.9 Å². The van der Waals surface area contributed by atoms with Crippen LogP contribution >= 0.6 is 0 Å². The molecule has 7 nitrogen and oxygen atoms in total. The van der Waals surface area contributed by atoms with E-state index in [1.807, 2.05) is 26.4 Å². The number of amides is 1. The van der Waals surface area contributed by atoms with Crippen LogP contribution in [0.4, 0.5) is 4.39 Å². The van der Waals surface area contributed by atoms with E-state index in [1.165, 1.54) is 11.1 Å². The third-order valence-corrected chi connectivity index (χ3v) is 10.7. The van der Waals surface area contributed by atoms with Crippen LogP contribution in [0.25, 0.3) is 11.1 Å². The Morgan fingerprint density at radius 3 is 2.27 bits per heavy atom. The van der Waals surface area contributed by atoms with E-state index in [2.05, 4.69) is 36.2 Å². The van der Waals surface area contributed by atoms with Crippen LogP contribution in [0.2, 0.25) is 0 Å². The number of pyridine rings is 1. The first-order valence-corrected chi connectivity index (χ1v) is 18.4. The Morgan fingerprint density at radius 1 is 0.898 bits per heavy atom. The molecular weight excluding hydrogens is 617 g/mol. The quantitative estimate of drug-likeness (QED) is 0.255. The Bertz CT molecular complexity index is 1770. The number of carboxylic acids is 1. The molecule has 3 aliphatic rings. The van der Waals surface area contributed by atoms with Gasteiger partial charge in [-0.3, -0.25) is 14.4 Å². The third-order valence-electron chi connectivity index (χ3n) is 10.7. The molecule has 0 radical (unpaired) electrons. The number of aliphatic carboxylic acids is 1. The van der Waals surface area contributed by atoms with Crippen LogP contribution in [0.5, 0.6) is 0 Å². The number of aryl methyl sites for hydroxylation is 3. The summed E-state index contributed by atoms with van der Waals surface area (Å²) in [6.07, 6.45) is 12.2. The summed E-state index contributed by atoms with van der Waals surface area (Å²) in [5, 5.41) is 13.0. The molecule has 2 fully saturated rings. The number of likely N-dealkylation sites (N-methyl/N-ethyl adjacent to an activating group) is 1. The SMILES string of the molecule is Cc1cc(C)c2c(c1)CCCCCCC[C@H](n1cc(CCN(C)C)c(C3CC3)cc1=O)C(=O)N[C@@H](CC(=O)O)c1cc-2cc(C2CC2)c1F. The van der Waals surface area contributed by atoms with Gasteiger partial charge >= 0.3 is 5.97 Å². The van der Waals surface area contributed by atoms with Gasteiger partial charge in [-0.05, 0) is 142 Å². The maximum atomic E-state index is 16.5. The van der Waals surface area contributed by atoms with Crippen molar-refractivity contribution in [2.75, 3.05) is 20.6 Å². The highest BCUT2D eigenvalue weighted by Crippen LogP contribution is 2.46. The standard InChI is InChI=1S/C41H52FN3O4/c1-25-18-26(2)39-29(19-25)10-8-6-5-7-9-11-36(45-24-30(16-17-44(3)4)32(22-37(45)46)27-12-13-27)41(49)43-35(23-38(47)48)34-21-31(39)20-33(40(34)42)28-14-15-28/h18-22,24,27-28,35-36H,5-17,23H2,1-4H3,(H,43,49)(H,47,48)/t35-,36-/m0/s1. The van der Waals surface area contributed by atoms with Crippen molar-refractivity contribution < 1.29 is 19.1 Å². The molecule has 6 rings (SSSR count). The van der Waals surface area contributed by atoms with Gasteiger partial charge in [0.05, 0.1) is 12.5 Å². The van der Waals surface area contributed by atoms with Gasteiger partial charge in [-0.15, -0.1) is 0 Å². The normalized spacial score (nSPS) is 20.6. The second kappa shape index (κ2) is 15.0. The van der Waals surface area contributed by atoms with Crippen LogP contribution in [0, 0.1) is 19.7 Å². The number of nitrogens with zero attached hydrogens (tertiary/aromatic N) is 2. The molecule has 1 aliphatic heterocycles. The number of benzene rings is 2. The Balaban J connectivity index is 1.45. The monoisotopic (exact) mass is 669 g/mol. The lowest BCUT2D eigenvalue weighted by Gasteiger charge is -2.26. The molecule has 2 aromatic carbocycles. The van der Waals surface area contributed by atoms with Crippen molar-refractivity contribution >= 4 is 11.9 Å². The van der Waals surface area contributed by atoms with Crippen LogP contribution in [-0.4, -0.2) is 47.1 Å². The number of hydrogen-bond acceptors (Lipinski definition) is 4. The Hall–Kier alpha value is -3.78. The van der Waals surface area contributed by atoms with Gasteiger partial charge in [-0.2, -0.15) is 0 Å². The minimum Gasteiger partial charge on any atom is -0.481 e. The molecule has 262 valence electrons. The summed E-state index contributed by atoms with van der Waals surface area (Å²) in [4.78, 5) is 42.6. The van der Waals surface area contributed by atoms with Crippen molar-refractivity contribution in [3.05, 3.63) is 91.6 Å². The summed E-state index contributed by atoms with van der Waals surface area (Å²) in [6.45, 7) is 5.00. The van der Waals surface area contributed by atoms with Crippen LogP contribution in [-0.2, 0) is 22.4 Å². The first-order valence-electron chi connectivity index (χ1n) is 18.4. The van der Waals surface area contributed by atoms with E-state index >= 15 is 4.39 Å². The van der Waals surface area contributed by atoms with Crippen molar-refractivity contribution in [3.63, 3.8) is 0 Å². The number of fused-ring (bicyclic) bond motifs is 4. The molecule has 49 heavy (non-hydrogen) atoms. The second-order valence-corrected chi connectivity index (χ2v) is 15.2. The highest BCUT2D eigenvalue weighted by Gasteiger charge is 2.34. The first-order chi connectivity index (χ1) is 23.5. The van der Waals surface area contributed by atoms with E-state index in [9.17, 15) is 19.5 Å². The summed E-state index contributed by atoms with van der Waals surface area (Å²) in [5.41, 5.74) is 8.20. The summed E-state index contributed by atoms with van der Waals surface area (Å²) in [6, 6.07) is 7.90. The largest absolute Gasteiger partial charge is 0.481 e. The fourth-order valence-electron chi connectivity index (χ4n) is 7.86. The molecule has 2 aliphatic carbocycles. The van der Waals surface area contributed by atoms with Crippen molar-refractivity contribution in [3.8, 4) is 11.1 Å². The molecule has 2 N–H and O–H groups in total. The molecule has 1 amide bonds. The maximum absolute atomic E-state index is 16.5. The van der Waals surface area contributed by atoms with Crippen molar-refractivity contribution in [1.82, 2.24) is 14.8 Å². The van der Waals surface area contributed by atoms with Crippen molar-refractivity contribution in [1.29, 1.82) is 0 Å². The van der Waals surface area contributed by atoms with Gasteiger partial charge in [0.2, 0.25) is 5.91 Å². The zero-order chi connectivity index (χ0) is 34.8. The molecule has 2 bridgehead atoms. The van der Waals surface area contributed by atoms with Gasteiger partial charge in [0.15, 0.2) is 0 Å². The zero-order valence-corrected chi connectivity index (χ0v) is 29.6. The maximum Gasteiger partial charge on any atom is 0.305 e. The predicted molar refractivity (Wildman–Crippen MR) is 192 cm³/mol. The lowest BCUT2D eigenvalue weighted by atomic mass is 9.86. The van der Waals surface area contributed by atoms with Crippen molar-refractivity contribution in [2.24, 2.45) is 0 Å². The second-order valence-electron chi connectivity index (χ2n) is 15.2. The van der Waals surface area contributed by atoms with Crippen LogP contribution in [0.1, 0.15) is 133 Å². The smallest absolute Gasteiger partial charge is 0.305 e.